The van der Waals surface area contributed by atoms with Gasteiger partial charge < -0.3 is 15.4 Å². The molecule has 0 bridgehead atoms. The van der Waals surface area contributed by atoms with E-state index in [1.54, 1.807) is 19.2 Å². The van der Waals surface area contributed by atoms with Crippen molar-refractivity contribution < 1.29 is 13.9 Å². The third-order valence-corrected chi connectivity index (χ3v) is 2.80. The monoisotopic (exact) mass is 268 g/mol. The Labute approximate surface area is 113 Å². The van der Waals surface area contributed by atoms with Gasteiger partial charge in [-0.15, -0.1) is 0 Å². The van der Waals surface area contributed by atoms with Crippen molar-refractivity contribution in [3.8, 4) is 0 Å². The van der Waals surface area contributed by atoms with Crippen LogP contribution in [0.1, 0.15) is 25.8 Å². The highest BCUT2D eigenvalue weighted by Crippen LogP contribution is 2.19. The Morgan fingerprint density at radius 1 is 1.32 bits per heavy atom. The third kappa shape index (κ3) is 5.26. The normalized spacial score (nSPS) is 11.2. The summed E-state index contributed by atoms with van der Waals surface area (Å²) >= 11 is 0. The molecule has 0 fully saturated rings. The number of carbonyl (C=O) groups excluding carboxylic acids is 1. The van der Waals surface area contributed by atoms with Gasteiger partial charge in [0.25, 0.3) is 0 Å². The highest BCUT2D eigenvalue weighted by atomic mass is 19.1. The molecule has 0 unspecified atom stereocenters. The minimum absolute atomic E-state index is 0.245. The van der Waals surface area contributed by atoms with E-state index in [2.05, 4.69) is 10.6 Å². The molecule has 5 heteroatoms. The second-order valence-electron chi connectivity index (χ2n) is 4.86. The van der Waals surface area contributed by atoms with E-state index in [0.29, 0.717) is 13.2 Å². The summed E-state index contributed by atoms with van der Waals surface area (Å²) in [4.78, 5) is 11.7. The van der Waals surface area contributed by atoms with E-state index in [1.165, 1.54) is 12.1 Å². The Morgan fingerprint density at radius 3 is 2.53 bits per heavy atom. The van der Waals surface area contributed by atoms with Crippen LogP contribution in [-0.2, 0) is 10.3 Å². The lowest BCUT2D eigenvalue weighted by molar-refractivity contribution is 0.192. The lowest BCUT2D eigenvalue weighted by atomic mass is 9.94. The zero-order valence-corrected chi connectivity index (χ0v) is 11.6. The fraction of sp³-hybridized carbons (Fsp3) is 0.500. The minimum atomic E-state index is -0.557. The molecule has 2 amide bonds. The second kappa shape index (κ2) is 7.09. The maximum atomic E-state index is 12.9. The Bertz CT molecular complexity index is 404. The Kier molecular flexibility index (Phi) is 5.76. The number of rotatable bonds is 6. The third-order valence-electron chi connectivity index (χ3n) is 2.80. The molecule has 0 aromatic heterocycles. The average molecular weight is 268 g/mol. The highest BCUT2D eigenvalue weighted by Gasteiger charge is 2.22. The summed E-state index contributed by atoms with van der Waals surface area (Å²) in [5.74, 6) is -0.288. The Morgan fingerprint density at radius 2 is 1.95 bits per heavy atom. The fourth-order valence-corrected chi connectivity index (χ4v) is 1.69. The molecule has 0 aliphatic carbocycles. The highest BCUT2D eigenvalue weighted by molar-refractivity contribution is 5.74. The molecule has 0 aliphatic heterocycles. The first-order chi connectivity index (χ1) is 8.95. The van der Waals surface area contributed by atoms with E-state index in [1.807, 2.05) is 13.8 Å². The van der Waals surface area contributed by atoms with Gasteiger partial charge in [-0.1, -0.05) is 12.1 Å². The van der Waals surface area contributed by atoms with Crippen molar-refractivity contribution in [1.29, 1.82) is 0 Å². The number of amides is 2. The first-order valence-electron chi connectivity index (χ1n) is 6.26. The van der Waals surface area contributed by atoms with Crippen molar-refractivity contribution in [3.63, 3.8) is 0 Å². The van der Waals surface area contributed by atoms with Crippen LogP contribution in [0.15, 0.2) is 24.3 Å². The van der Waals surface area contributed by atoms with Crippen molar-refractivity contribution in [2.75, 3.05) is 20.3 Å². The van der Waals surface area contributed by atoms with Crippen molar-refractivity contribution in [3.05, 3.63) is 35.6 Å². The van der Waals surface area contributed by atoms with Crippen molar-refractivity contribution >= 4 is 6.03 Å². The molecule has 0 radical (unpaired) electrons. The smallest absolute Gasteiger partial charge is 0.315 e. The number of hydrogen-bond acceptors (Lipinski definition) is 2. The Balaban J connectivity index is 2.49. The molecular formula is C14H21FN2O2. The molecule has 0 aliphatic rings. The number of methoxy groups -OCH3 is 1. The molecule has 19 heavy (non-hydrogen) atoms. The quantitative estimate of drug-likeness (QED) is 0.778. The zero-order chi connectivity index (χ0) is 14.3. The first-order valence-corrected chi connectivity index (χ1v) is 6.26. The van der Waals surface area contributed by atoms with Crippen LogP contribution >= 0.6 is 0 Å². The van der Waals surface area contributed by atoms with E-state index in [-0.39, 0.29) is 11.8 Å². The standard InChI is InChI=1S/C14H21FN2O2/c1-14(2,11-5-7-12(15)8-6-11)17-13(18)16-9-4-10-19-3/h5-8H,4,9-10H2,1-3H3,(H2,16,17,18). The maximum absolute atomic E-state index is 12.9. The lowest BCUT2D eigenvalue weighted by Crippen LogP contribution is -2.46. The lowest BCUT2D eigenvalue weighted by Gasteiger charge is -2.27. The summed E-state index contributed by atoms with van der Waals surface area (Å²) in [6.07, 6.45) is 0.765. The van der Waals surface area contributed by atoms with Gasteiger partial charge in [0.1, 0.15) is 5.82 Å². The molecule has 0 saturated heterocycles. The van der Waals surface area contributed by atoms with Crippen molar-refractivity contribution in [2.45, 2.75) is 25.8 Å². The Hall–Kier alpha value is -1.62. The minimum Gasteiger partial charge on any atom is -0.385 e. The number of ether oxygens (including phenoxy) is 1. The first kappa shape index (κ1) is 15.4. The van der Waals surface area contributed by atoms with E-state index < -0.39 is 5.54 Å². The van der Waals surface area contributed by atoms with Gasteiger partial charge >= 0.3 is 6.03 Å². The molecule has 1 aromatic carbocycles. The van der Waals surface area contributed by atoms with Gasteiger partial charge in [-0.05, 0) is 38.0 Å². The number of urea groups is 1. The molecule has 1 aromatic rings. The molecule has 1 rings (SSSR count). The van der Waals surface area contributed by atoms with E-state index in [9.17, 15) is 9.18 Å². The molecule has 4 nitrogen and oxygen atoms in total. The topological polar surface area (TPSA) is 50.4 Å². The van der Waals surface area contributed by atoms with Gasteiger partial charge in [0.05, 0.1) is 5.54 Å². The van der Waals surface area contributed by atoms with Gasteiger partial charge in [0, 0.05) is 20.3 Å². The van der Waals surface area contributed by atoms with Gasteiger partial charge in [-0.25, -0.2) is 9.18 Å². The van der Waals surface area contributed by atoms with Crippen LogP contribution in [0, 0.1) is 5.82 Å². The van der Waals surface area contributed by atoms with E-state index in [4.69, 9.17) is 4.74 Å². The number of nitrogens with one attached hydrogen (secondary N) is 2. The molecule has 0 saturated carbocycles. The number of hydrogen-bond donors (Lipinski definition) is 2. The molecule has 0 heterocycles. The predicted octanol–water partition coefficient (Wildman–Crippen LogP) is 2.40. The number of carbonyl (C=O) groups is 1. The van der Waals surface area contributed by atoms with Gasteiger partial charge in [0.2, 0.25) is 0 Å². The van der Waals surface area contributed by atoms with Crippen LogP contribution < -0.4 is 10.6 Å². The summed E-state index contributed by atoms with van der Waals surface area (Å²) in [6, 6.07) is 5.86. The number of halogens is 1. The van der Waals surface area contributed by atoms with Crippen LogP contribution in [0.25, 0.3) is 0 Å². The predicted molar refractivity (Wildman–Crippen MR) is 72.5 cm³/mol. The summed E-state index contributed by atoms with van der Waals surface area (Å²) in [5.41, 5.74) is 0.292. The van der Waals surface area contributed by atoms with Gasteiger partial charge in [-0.3, -0.25) is 0 Å². The molecule has 0 spiro atoms. The van der Waals surface area contributed by atoms with Crippen LogP contribution in [0.4, 0.5) is 9.18 Å². The largest absolute Gasteiger partial charge is 0.385 e. The number of benzene rings is 1. The SMILES string of the molecule is COCCCNC(=O)NC(C)(C)c1ccc(F)cc1. The molecular weight excluding hydrogens is 247 g/mol. The summed E-state index contributed by atoms with van der Waals surface area (Å²) in [7, 11) is 1.62. The van der Waals surface area contributed by atoms with Crippen molar-refractivity contribution in [2.24, 2.45) is 0 Å². The van der Waals surface area contributed by atoms with Crippen LogP contribution in [0.2, 0.25) is 0 Å². The van der Waals surface area contributed by atoms with Gasteiger partial charge in [0.15, 0.2) is 0 Å². The maximum Gasteiger partial charge on any atom is 0.315 e. The summed E-state index contributed by atoms with van der Waals surface area (Å²) in [6.45, 7) is 4.91. The molecule has 0 atom stereocenters. The van der Waals surface area contributed by atoms with E-state index >= 15 is 0 Å². The molecule has 106 valence electrons. The average Bonchev–Trinajstić information content (AvgIpc) is 2.34. The van der Waals surface area contributed by atoms with Crippen LogP contribution in [0.5, 0.6) is 0 Å². The van der Waals surface area contributed by atoms with Crippen molar-refractivity contribution in [1.82, 2.24) is 10.6 Å². The van der Waals surface area contributed by atoms with Crippen LogP contribution in [-0.4, -0.2) is 26.3 Å². The zero-order valence-electron chi connectivity index (χ0n) is 11.6. The summed E-state index contributed by atoms with van der Waals surface area (Å²) < 4.78 is 17.8. The summed E-state index contributed by atoms with van der Waals surface area (Å²) in [5, 5.41) is 5.61. The van der Waals surface area contributed by atoms with Crippen LogP contribution in [0.3, 0.4) is 0 Å². The van der Waals surface area contributed by atoms with E-state index in [0.717, 1.165) is 12.0 Å². The fourth-order valence-electron chi connectivity index (χ4n) is 1.69. The molecule has 2 N–H and O–H groups in total. The second-order valence-corrected chi connectivity index (χ2v) is 4.86. The van der Waals surface area contributed by atoms with Gasteiger partial charge in [-0.2, -0.15) is 0 Å².